The van der Waals surface area contributed by atoms with Crippen molar-refractivity contribution >= 4 is 40.4 Å². The predicted octanol–water partition coefficient (Wildman–Crippen LogP) is 7.28. The van der Waals surface area contributed by atoms with Crippen LogP contribution in [0, 0.1) is 26.0 Å². The Balaban J connectivity index is 0.000000349. The monoisotopic (exact) mass is 802 g/mol. The molecule has 0 aliphatic carbocycles. The summed E-state index contributed by atoms with van der Waals surface area (Å²) in [7, 11) is 0. The molecule has 17 heteroatoms. The summed E-state index contributed by atoms with van der Waals surface area (Å²) in [6, 6.07) is 8.83. The van der Waals surface area contributed by atoms with Crippen molar-refractivity contribution in [3.05, 3.63) is 85.7 Å². The number of carbonyl (C=O) groups is 2. The van der Waals surface area contributed by atoms with Crippen LogP contribution in [0.2, 0.25) is 0 Å². The van der Waals surface area contributed by atoms with Crippen molar-refractivity contribution < 1.29 is 43.5 Å². The second-order valence-corrected chi connectivity index (χ2v) is 16.9. The molecule has 57 heavy (non-hydrogen) atoms. The second-order valence-electron chi connectivity index (χ2n) is 16.9. The Morgan fingerprint density at radius 1 is 0.754 bits per heavy atom. The number of nitrogens with one attached hydrogen (secondary N) is 1. The number of amides is 2. The molecule has 0 atom stereocenters. The predicted molar refractivity (Wildman–Crippen MR) is 217 cm³/mol. The first-order chi connectivity index (χ1) is 26.1. The number of benzene rings is 2. The van der Waals surface area contributed by atoms with E-state index in [2.05, 4.69) is 5.32 Å². The van der Waals surface area contributed by atoms with Crippen molar-refractivity contribution in [2.24, 2.45) is 5.73 Å². The molecule has 0 aromatic heterocycles. The highest BCUT2D eigenvalue weighted by Gasteiger charge is 2.27. The fourth-order valence-corrected chi connectivity index (χ4v) is 5.04. The van der Waals surface area contributed by atoms with Crippen LogP contribution in [0.3, 0.4) is 0 Å². The Bertz CT molecular complexity index is 1800. The van der Waals surface area contributed by atoms with Crippen LogP contribution in [0.15, 0.2) is 48.6 Å². The van der Waals surface area contributed by atoms with Crippen LogP contribution < -0.4 is 11.1 Å². The quantitative estimate of drug-likeness (QED) is 0.153. The van der Waals surface area contributed by atoms with Gasteiger partial charge in [-0.25, -0.2) is 9.59 Å². The van der Waals surface area contributed by atoms with Crippen LogP contribution in [0.4, 0.5) is 31.0 Å². The SMILES string of the molecule is CC(C)(C)OC(=O)N1CC=C(c2ccc(F)c([N+](=O)[O-])c2)CC1.CC(C)(O)CN.CC(C)(O)CNc1ccc(C2=CCN(C(=O)OC(C)(C)C)CC2)cc1[N+](=O)[O-]. The van der Waals surface area contributed by atoms with E-state index in [-0.39, 0.29) is 18.3 Å². The van der Waals surface area contributed by atoms with E-state index in [0.717, 1.165) is 22.8 Å². The van der Waals surface area contributed by atoms with Gasteiger partial charge in [0.2, 0.25) is 5.82 Å². The Labute approximate surface area is 333 Å². The van der Waals surface area contributed by atoms with Crippen LogP contribution in [-0.2, 0) is 9.47 Å². The van der Waals surface area contributed by atoms with Crippen LogP contribution in [-0.4, -0.2) is 104 Å². The van der Waals surface area contributed by atoms with Gasteiger partial charge in [0, 0.05) is 51.4 Å². The Hall–Kier alpha value is -5.13. The normalized spacial score (nSPS) is 14.8. The number of anilines is 1. The van der Waals surface area contributed by atoms with Gasteiger partial charge >= 0.3 is 17.9 Å². The van der Waals surface area contributed by atoms with Crippen LogP contribution in [0.5, 0.6) is 0 Å². The van der Waals surface area contributed by atoms with Crippen molar-refractivity contribution in [3.63, 3.8) is 0 Å². The molecule has 0 radical (unpaired) electrons. The van der Waals surface area contributed by atoms with Gasteiger partial charge in [-0.2, -0.15) is 4.39 Å². The first-order valence-electron chi connectivity index (χ1n) is 18.5. The molecule has 0 bridgehead atoms. The summed E-state index contributed by atoms with van der Waals surface area (Å²) >= 11 is 0. The minimum absolute atomic E-state index is 0.0442. The minimum atomic E-state index is -0.983. The highest BCUT2D eigenvalue weighted by Crippen LogP contribution is 2.32. The van der Waals surface area contributed by atoms with E-state index in [4.69, 9.17) is 20.3 Å². The van der Waals surface area contributed by atoms with Gasteiger partial charge in [0.15, 0.2) is 0 Å². The van der Waals surface area contributed by atoms with E-state index in [0.29, 0.717) is 56.8 Å². The molecule has 2 aromatic rings. The third kappa shape index (κ3) is 17.3. The third-order valence-electron chi connectivity index (χ3n) is 8.01. The third-order valence-corrected chi connectivity index (χ3v) is 8.01. The zero-order valence-electron chi connectivity index (χ0n) is 34.7. The largest absolute Gasteiger partial charge is 0.444 e. The van der Waals surface area contributed by atoms with Gasteiger partial charge in [0.1, 0.15) is 16.9 Å². The lowest BCUT2D eigenvalue weighted by Gasteiger charge is -2.29. The number of hydrogen-bond acceptors (Lipinski definition) is 12. The number of rotatable bonds is 8. The molecule has 2 heterocycles. The molecule has 2 amide bonds. The number of ether oxygens (including phenoxy) is 2. The lowest BCUT2D eigenvalue weighted by atomic mass is 9.98. The lowest BCUT2D eigenvalue weighted by molar-refractivity contribution is -0.387. The maximum Gasteiger partial charge on any atom is 0.410 e. The molecule has 316 valence electrons. The number of nitrogens with zero attached hydrogens (tertiary/aromatic N) is 4. The molecule has 5 N–H and O–H groups in total. The van der Waals surface area contributed by atoms with Gasteiger partial charge < -0.3 is 40.5 Å². The second kappa shape index (κ2) is 19.8. The minimum Gasteiger partial charge on any atom is -0.444 e. The highest BCUT2D eigenvalue weighted by atomic mass is 19.1. The van der Waals surface area contributed by atoms with Crippen molar-refractivity contribution in [1.82, 2.24) is 9.80 Å². The van der Waals surface area contributed by atoms with E-state index in [9.17, 15) is 39.3 Å². The van der Waals surface area contributed by atoms with Crippen molar-refractivity contribution in [1.29, 1.82) is 0 Å². The number of hydrogen-bond donors (Lipinski definition) is 4. The molecule has 16 nitrogen and oxygen atoms in total. The Morgan fingerprint density at radius 3 is 1.49 bits per heavy atom. The van der Waals surface area contributed by atoms with Gasteiger partial charge in [-0.1, -0.05) is 24.3 Å². The van der Waals surface area contributed by atoms with Crippen molar-refractivity contribution in [3.8, 4) is 0 Å². The fraction of sp³-hybridized carbons (Fsp3) is 0.550. The summed E-state index contributed by atoms with van der Waals surface area (Å²) in [6.07, 6.45) is 4.08. The topological polar surface area (TPSA) is 224 Å². The Kier molecular flexibility index (Phi) is 16.7. The smallest absolute Gasteiger partial charge is 0.410 e. The maximum absolute atomic E-state index is 13.4. The van der Waals surface area contributed by atoms with Crippen LogP contribution in [0.1, 0.15) is 93.2 Å². The van der Waals surface area contributed by atoms with Gasteiger partial charge in [-0.3, -0.25) is 20.2 Å². The first-order valence-corrected chi connectivity index (χ1v) is 18.5. The fourth-order valence-electron chi connectivity index (χ4n) is 5.04. The number of halogens is 1. The van der Waals surface area contributed by atoms with E-state index in [1.807, 2.05) is 39.0 Å². The van der Waals surface area contributed by atoms with Gasteiger partial charge in [0.25, 0.3) is 5.69 Å². The summed E-state index contributed by atoms with van der Waals surface area (Å²) in [5.41, 5.74) is 5.23. The van der Waals surface area contributed by atoms with Crippen molar-refractivity contribution in [2.75, 3.05) is 44.6 Å². The van der Waals surface area contributed by atoms with Crippen molar-refractivity contribution in [2.45, 2.75) is 104 Å². The van der Waals surface area contributed by atoms with E-state index < -0.39 is 49.8 Å². The summed E-state index contributed by atoms with van der Waals surface area (Å²) < 4.78 is 24.1. The summed E-state index contributed by atoms with van der Waals surface area (Å²) in [5, 5.41) is 43.7. The molecule has 0 unspecified atom stereocenters. The Morgan fingerprint density at radius 2 is 1.16 bits per heavy atom. The molecule has 4 rings (SSSR count). The molecule has 0 saturated heterocycles. The number of nitro benzene ring substituents is 2. The molecule has 0 fully saturated rings. The standard InChI is InChI=1S/C20H29N3O5.C16H19FN2O4.C4H11NO/c1-19(2,3)28-18(24)22-10-8-14(9-11-22)15-6-7-16(17(12-15)23(26)27)21-13-20(4,5)25;1-16(2,3)23-15(20)18-8-6-11(7-9-18)12-4-5-13(17)14(10-12)19(21)22;1-4(2,6)3-5/h6-8,12,21,25H,9-11,13H2,1-5H3;4-6,10H,7-9H2,1-3H3;6H,3,5H2,1-2H3. The summed E-state index contributed by atoms with van der Waals surface area (Å²) in [6.45, 7) is 19.7. The maximum atomic E-state index is 13.4. The van der Waals surface area contributed by atoms with Gasteiger partial charge in [0.05, 0.1) is 21.0 Å². The zero-order valence-corrected chi connectivity index (χ0v) is 34.7. The van der Waals surface area contributed by atoms with Crippen LogP contribution in [0.25, 0.3) is 11.1 Å². The average Bonchev–Trinajstić information content (AvgIpc) is 3.09. The molecule has 0 saturated carbocycles. The van der Waals surface area contributed by atoms with Gasteiger partial charge in [-0.15, -0.1) is 0 Å². The molecule has 2 aliphatic rings. The summed E-state index contributed by atoms with van der Waals surface area (Å²) in [4.78, 5) is 48.4. The van der Waals surface area contributed by atoms with E-state index >= 15 is 0 Å². The zero-order chi connectivity index (χ0) is 43.5. The number of nitro groups is 2. The number of nitrogens with two attached hydrogens (primary N) is 1. The molecule has 2 aromatic carbocycles. The first kappa shape index (κ1) is 48.0. The molecular weight excluding hydrogens is 743 g/mol. The average molecular weight is 803 g/mol. The molecule has 0 spiro atoms. The van der Waals surface area contributed by atoms with E-state index in [1.54, 1.807) is 64.3 Å². The van der Waals surface area contributed by atoms with E-state index in [1.165, 1.54) is 18.2 Å². The van der Waals surface area contributed by atoms with Gasteiger partial charge in [-0.05, 0) is 116 Å². The highest BCUT2D eigenvalue weighted by molar-refractivity contribution is 5.76. The van der Waals surface area contributed by atoms with Crippen LogP contribution >= 0.6 is 0 Å². The number of aliphatic hydroxyl groups is 2. The number of carbonyl (C=O) groups excluding carboxylic acids is 2. The molecular formula is C40H59FN6O10. The summed E-state index contributed by atoms with van der Waals surface area (Å²) in [5.74, 6) is -0.856. The molecule has 2 aliphatic heterocycles. The lowest BCUT2D eigenvalue weighted by Crippen LogP contribution is -2.39.